The lowest BCUT2D eigenvalue weighted by Crippen LogP contribution is -2.29. The van der Waals surface area contributed by atoms with Gasteiger partial charge in [0.2, 0.25) is 0 Å². The van der Waals surface area contributed by atoms with Crippen LogP contribution in [0.4, 0.5) is 5.69 Å². The summed E-state index contributed by atoms with van der Waals surface area (Å²) in [5.74, 6) is 0. The van der Waals surface area contributed by atoms with E-state index in [0.29, 0.717) is 6.54 Å². The van der Waals surface area contributed by atoms with Crippen molar-refractivity contribution in [3.05, 3.63) is 27.1 Å². The van der Waals surface area contributed by atoms with Crippen molar-refractivity contribution in [1.82, 2.24) is 0 Å². The van der Waals surface area contributed by atoms with Gasteiger partial charge in [0.25, 0.3) is 0 Å². The third-order valence-electron chi connectivity index (χ3n) is 1.64. The minimum absolute atomic E-state index is 0.521. The molecule has 1 aromatic rings. The number of benzene rings is 1. The van der Waals surface area contributed by atoms with E-state index in [1.807, 2.05) is 18.2 Å². The molecule has 1 aromatic carbocycles. The summed E-state index contributed by atoms with van der Waals surface area (Å²) in [6.07, 6.45) is 0. The van der Waals surface area contributed by atoms with Gasteiger partial charge in [-0.2, -0.15) is 0 Å². The summed E-state index contributed by atoms with van der Waals surface area (Å²) in [5.41, 5.74) is 0.280. The molecule has 2 nitrogen and oxygen atoms in total. The van der Waals surface area contributed by atoms with E-state index >= 15 is 0 Å². The summed E-state index contributed by atoms with van der Waals surface area (Å²) >= 11 is 6.82. The average Bonchev–Trinajstić information content (AvgIpc) is 2.00. The van der Waals surface area contributed by atoms with Gasteiger partial charge in [0, 0.05) is 21.2 Å². The molecule has 14 heavy (non-hydrogen) atoms. The van der Waals surface area contributed by atoms with Crippen molar-refractivity contribution >= 4 is 37.5 Å². The van der Waals surface area contributed by atoms with Crippen molar-refractivity contribution < 1.29 is 5.11 Å². The second kappa shape index (κ2) is 4.64. The molecule has 0 unspecified atom stereocenters. The smallest absolute Gasteiger partial charge is 0.0763 e. The fourth-order valence-corrected chi connectivity index (χ4v) is 2.13. The van der Waals surface area contributed by atoms with E-state index in [-0.39, 0.29) is 0 Å². The van der Waals surface area contributed by atoms with Crippen LogP contribution in [-0.2, 0) is 0 Å². The van der Waals surface area contributed by atoms with Gasteiger partial charge in [-0.05, 0) is 48.0 Å². The first-order valence-corrected chi connectivity index (χ1v) is 5.88. The van der Waals surface area contributed by atoms with E-state index < -0.39 is 5.60 Å². The average molecular weight is 323 g/mol. The van der Waals surface area contributed by atoms with E-state index in [9.17, 15) is 5.11 Å². The molecule has 2 N–H and O–H groups in total. The van der Waals surface area contributed by atoms with Gasteiger partial charge in [0.05, 0.1) is 5.60 Å². The molecule has 0 spiro atoms. The number of nitrogens with one attached hydrogen (secondary N) is 1. The number of aliphatic hydroxyl groups is 1. The lowest BCUT2D eigenvalue weighted by atomic mass is 10.1. The van der Waals surface area contributed by atoms with Crippen LogP contribution in [0.25, 0.3) is 0 Å². The maximum Gasteiger partial charge on any atom is 0.0763 e. The van der Waals surface area contributed by atoms with Gasteiger partial charge in [0.1, 0.15) is 0 Å². The molecule has 0 aliphatic heterocycles. The number of hydrogen-bond acceptors (Lipinski definition) is 2. The summed E-state index contributed by atoms with van der Waals surface area (Å²) in [6, 6.07) is 5.88. The molecular formula is C10H13Br2NO. The Balaban J connectivity index is 2.68. The molecule has 0 fully saturated rings. The SMILES string of the molecule is CC(C)(O)CNc1ccc(Br)cc1Br. The normalized spacial score (nSPS) is 11.5. The number of hydrogen-bond donors (Lipinski definition) is 2. The van der Waals surface area contributed by atoms with Crippen LogP contribution in [0, 0.1) is 0 Å². The van der Waals surface area contributed by atoms with Gasteiger partial charge in [-0.15, -0.1) is 0 Å². The maximum atomic E-state index is 9.54. The molecule has 0 radical (unpaired) electrons. The van der Waals surface area contributed by atoms with Crippen LogP contribution < -0.4 is 5.32 Å². The zero-order valence-electron chi connectivity index (χ0n) is 8.14. The Morgan fingerprint density at radius 1 is 1.36 bits per heavy atom. The molecule has 0 amide bonds. The molecule has 0 aromatic heterocycles. The summed E-state index contributed by atoms with van der Waals surface area (Å²) in [4.78, 5) is 0. The van der Waals surface area contributed by atoms with Crippen LogP contribution in [0.5, 0.6) is 0 Å². The predicted octanol–water partition coefficient (Wildman–Crippen LogP) is 3.39. The van der Waals surface area contributed by atoms with E-state index in [1.54, 1.807) is 13.8 Å². The third-order valence-corrected chi connectivity index (χ3v) is 2.79. The Labute approximate surface area is 101 Å². The molecule has 0 bridgehead atoms. The molecular weight excluding hydrogens is 310 g/mol. The Hall–Kier alpha value is -0.0600. The first-order chi connectivity index (χ1) is 6.38. The first kappa shape index (κ1) is 12.0. The monoisotopic (exact) mass is 321 g/mol. The number of rotatable bonds is 3. The highest BCUT2D eigenvalue weighted by Gasteiger charge is 2.12. The molecule has 0 saturated heterocycles. The van der Waals surface area contributed by atoms with Crippen LogP contribution in [-0.4, -0.2) is 17.3 Å². The highest BCUT2D eigenvalue weighted by molar-refractivity contribution is 9.11. The molecule has 0 heterocycles. The van der Waals surface area contributed by atoms with E-state index in [2.05, 4.69) is 37.2 Å². The first-order valence-electron chi connectivity index (χ1n) is 4.30. The third kappa shape index (κ3) is 3.98. The van der Waals surface area contributed by atoms with Crippen LogP contribution in [0.1, 0.15) is 13.8 Å². The van der Waals surface area contributed by atoms with Crippen molar-refractivity contribution in [2.24, 2.45) is 0 Å². The van der Waals surface area contributed by atoms with E-state index in [4.69, 9.17) is 0 Å². The second-order valence-corrected chi connectivity index (χ2v) is 5.56. The van der Waals surface area contributed by atoms with Crippen LogP contribution >= 0.6 is 31.9 Å². The molecule has 78 valence electrons. The van der Waals surface area contributed by atoms with Gasteiger partial charge < -0.3 is 10.4 Å². The van der Waals surface area contributed by atoms with Crippen LogP contribution in [0.3, 0.4) is 0 Å². The Kier molecular flexibility index (Phi) is 3.98. The summed E-state index contributed by atoms with van der Waals surface area (Å²) in [6.45, 7) is 4.06. The van der Waals surface area contributed by atoms with Gasteiger partial charge in [-0.1, -0.05) is 15.9 Å². The van der Waals surface area contributed by atoms with Crippen molar-refractivity contribution in [3.8, 4) is 0 Å². The fourth-order valence-electron chi connectivity index (χ4n) is 0.944. The minimum atomic E-state index is -0.702. The highest BCUT2D eigenvalue weighted by Crippen LogP contribution is 2.26. The molecule has 0 aliphatic carbocycles. The molecule has 0 aliphatic rings. The van der Waals surface area contributed by atoms with Gasteiger partial charge >= 0.3 is 0 Å². The lowest BCUT2D eigenvalue weighted by Gasteiger charge is -2.19. The lowest BCUT2D eigenvalue weighted by molar-refractivity contribution is 0.0945. The fraction of sp³-hybridized carbons (Fsp3) is 0.400. The number of halogens is 2. The maximum absolute atomic E-state index is 9.54. The van der Waals surface area contributed by atoms with Crippen molar-refractivity contribution in [2.75, 3.05) is 11.9 Å². The van der Waals surface area contributed by atoms with Crippen molar-refractivity contribution in [3.63, 3.8) is 0 Å². The summed E-state index contributed by atoms with van der Waals surface area (Å²) in [7, 11) is 0. The van der Waals surface area contributed by atoms with E-state index in [0.717, 1.165) is 14.6 Å². The molecule has 0 saturated carbocycles. The Morgan fingerprint density at radius 3 is 2.50 bits per heavy atom. The Morgan fingerprint density at radius 2 is 2.00 bits per heavy atom. The predicted molar refractivity (Wildman–Crippen MR) is 66.6 cm³/mol. The topological polar surface area (TPSA) is 32.3 Å². The Bertz CT molecular complexity index is 320. The van der Waals surface area contributed by atoms with Crippen LogP contribution in [0.15, 0.2) is 27.1 Å². The standard InChI is InChI=1S/C10H13Br2NO/c1-10(2,14)6-13-9-4-3-7(11)5-8(9)12/h3-5,13-14H,6H2,1-2H3. The van der Waals surface area contributed by atoms with Gasteiger partial charge in [-0.3, -0.25) is 0 Å². The van der Waals surface area contributed by atoms with Crippen molar-refractivity contribution in [2.45, 2.75) is 19.4 Å². The van der Waals surface area contributed by atoms with Gasteiger partial charge in [-0.25, -0.2) is 0 Å². The zero-order valence-corrected chi connectivity index (χ0v) is 11.3. The zero-order chi connectivity index (χ0) is 10.8. The number of anilines is 1. The second-order valence-electron chi connectivity index (χ2n) is 3.79. The molecule has 0 atom stereocenters. The molecule has 4 heteroatoms. The van der Waals surface area contributed by atoms with E-state index in [1.165, 1.54) is 0 Å². The van der Waals surface area contributed by atoms with Gasteiger partial charge in [0.15, 0.2) is 0 Å². The summed E-state index contributed by atoms with van der Waals surface area (Å²) < 4.78 is 2.01. The quantitative estimate of drug-likeness (QED) is 0.894. The minimum Gasteiger partial charge on any atom is -0.389 e. The molecule has 1 rings (SSSR count). The van der Waals surface area contributed by atoms with Crippen LogP contribution in [0.2, 0.25) is 0 Å². The largest absolute Gasteiger partial charge is 0.389 e. The van der Waals surface area contributed by atoms with Crippen molar-refractivity contribution in [1.29, 1.82) is 0 Å². The highest BCUT2D eigenvalue weighted by atomic mass is 79.9. The summed E-state index contributed by atoms with van der Waals surface area (Å²) in [5, 5.41) is 12.7.